The van der Waals surface area contributed by atoms with E-state index in [2.05, 4.69) is 50.0 Å². The minimum absolute atomic E-state index is 0.769. The molecule has 0 aliphatic heterocycles. The fourth-order valence-electron chi connectivity index (χ4n) is 3.41. The topological polar surface area (TPSA) is 18.5 Å². The summed E-state index contributed by atoms with van der Waals surface area (Å²) in [7, 11) is 4.34. The van der Waals surface area contributed by atoms with Crippen molar-refractivity contribution in [2.45, 2.75) is 52.5 Å². The molecule has 0 aromatic carbocycles. The zero-order valence-electron chi connectivity index (χ0n) is 14.5. The monoisotopic (exact) mass is 283 g/mol. The average molecular weight is 284 g/mol. The van der Waals surface area contributed by atoms with Crippen LogP contribution in [0.4, 0.5) is 0 Å². The Morgan fingerprint density at radius 1 is 1.10 bits per heavy atom. The van der Waals surface area contributed by atoms with Crippen molar-refractivity contribution in [1.29, 1.82) is 0 Å². The lowest BCUT2D eigenvalue weighted by molar-refractivity contribution is 0.200. The smallest absolute Gasteiger partial charge is 0.0109 e. The molecule has 0 bridgehead atoms. The molecule has 0 amide bonds. The Morgan fingerprint density at radius 3 is 2.45 bits per heavy atom. The maximum atomic E-state index is 3.68. The van der Waals surface area contributed by atoms with Crippen molar-refractivity contribution in [3.63, 3.8) is 0 Å². The molecule has 0 aromatic heterocycles. The van der Waals surface area contributed by atoms with E-state index >= 15 is 0 Å². The zero-order chi connectivity index (χ0) is 15.0. The van der Waals surface area contributed by atoms with Gasteiger partial charge in [-0.1, -0.05) is 27.2 Å². The van der Waals surface area contributed by atoms with E-state index in [1.807, 2.05) is 0 Å². The third kappa shape index (κ3) is 7.05. The largest absolute Gasteiger partial charge is 0.314 e. The van der Waals surface area contributed by atoms with Crippen LogP contribution in [0.3, 0.4) is 0 Å². The van der Waals surface area contributed by atoms with E-state index in [0.717, 1.165) is 24.4 Å². The number of rotatable bonds is 10. The number of hydrogen-bond acceptors (Lipinski definition) is 3. The van der Waals surface area contributed by atoms with Crippen molar-refractivity contribution in [2.75, 3.05) is 46.8 Å². The van der Waals surface area contributed by atoms with Gasteiger partial charge in [-0.3, -0.25) is 0 Å². The minimum Gasteiger partial charge on any atom is -0.314 e. The second kappa shape index (κ2) is 9.75. The van der Waals surface area contributed by atoms with Gasteiger partial charge in [0.2, 0.25) is 0 Å². The van der Waals surface area contributed by atoms with E-state index in [1.165, 1.54) is 51.9 Å². The Kier molecular flexibility index (Phi) is 8.74. The van der Waals surface area contributed by atoms with E-state index in [0.29, 0.717) is 0 Å². The molecule has 0 radical (unpaired) electrons. The Bertz CT molecular complexity index is 240. The predicted molar refractivity (Wildman–Crippen MR) is 89.3 cm³/mol. The molecule has 3 nitrogen and oxygen atoms in total. The highest BCUT2D eigenvalue weighted by atomic mass is 15.2. The van der Waals surface area contributed by atoms with E-state index in [1.54, 1.807) is 0 Å². The summed E-state index contributed by atoms with van der Waals surface area (Å²) in [5.74, 6) is 1.68. The molecule has 1 rings (SSSR count). The van der Waals surface area contributed by atoms with Crippen LogP contribution in [-0.2, 0) is 0 Å². The molecule has 20 heavy (non-hydrogen) atoms. The summed E-state index contributed by atoms with van der Waals surface area (Å²) in [5.41, 5.74) is 0. The van der Waals surface area contributed by atoms with Gasteiger partial charge in [0, 0.05) is 25.7 Å². The molecule has 1 aliphatic rings. The van der Waals surface area contributed by atoms with Gasteiger partial charge in [-0.15, -0.1) is 0 Å². The fourth-order valence-corrected chi connectivity index (χ4v) is 3.41. The van der Waals surface area contributed by atoms with Crippen molar-refractivity contribution in [3.8, 4) is 0 Å². The number of hydrogen-bond donors (Lipinski definition) is 1. The number of nitrogens with one attached hydrogen (secondary N) is 1. The van der Waals surface area contributed by atoms with Gasteiger partial charge in [0.15, 0.2) is 0 Å². The summed E-state index contributed by atoms with van der Waals surface area (Å²) >= 11 is 0. The second-order valence-corrected chi connectivity index (χ2v) is 7.14. The third-order valence-corrected chi connectivity index (χ3v) is 4.43. The van der Waals surface area contributed by atoms with Crippen LogP contribution in [0.25, 0.3) is 0 Å². The molecule has 1 fully saturated rings. The molecule has 1 N–H and O–H groups in total. The SMILES string of the molecule is CCNC1CCCC1CCN(CCN(C)C)CC(C)C. The molecule has 0 spiro atoms. The molecule has 2 unspecified atom stereocenters. The summed E-state index contributed by atoms with van der Waals surface area (Å²) in [6.45, 7) is 12.9. The normalized spacial score (nSPS) is 23.4. The molecule has 3 heteroatoms. The Hall–Kier alpha value is -0.120. The lowest BCUT2D eigenvalue weighted by Gasteiger charge is -2.28. The van der Waals surface area contributed by atoms with E-state index in [-0.39, 0.29) is 0 Å². The van der Waals surface area contributed by atoms with Gasteiger partial charge in [0.25, 0.3) is 0 Å². The van der Waals surface area contributed by atoms with Crippen LogP contribution in [0.5, 0.6) is 0 Å². The van der Waals surface area contributed by atoms with Gasteiger partial charge in [0.1, 0.15) is 0 Å². The van der Waals surface area contributed by atoms with Crippen molar-refractivity contribution in [2.24, 2.45) is 11.8 Å². The third-order valence-electron chi connectivity index (χ3n) is 4.43. The van der Waals surface area contributed by atoms with Crippen LogP contribution in [0.2, 0.25) is 0 Å². The lowest BCUT2D eigenvalue weighted by atomic mass is 9.99. The van der Waals surface area contributed by atoms with E-state index in [9.17, 15) is 0 Å². The predicted octanol–water partition coefficient (Wildman–Crippen LogP) is 2.67. The molecule has 2 atom stereocenters. The fraction of sp³-hybridized carbons (Fsp3) is 1.00. The highest BCUT2D eigenvalue weighted by molar-refractivity contribution is 4.83. The first-order valence-electron chi connectivity index (χ1n) is 8.63. The van der Waals surface area contributed by atoms with E-state index < -0.39 is 0 Å². The Balaban J connectivity index is 2.35. The van der Waals surface area contributed by atoms with Gasteiger partial charge < -0.3 is 15.1 Å². The summed E-state index contributed by atoms with van der Waals surface area (Å²) in [4.78, 5) is 4.97. The second-order valence-electron chi connectivity index (χ2n) is 7.14. The molecule has 1 saturated carbocycles. The van der Waals surface area contributed by atoms with E-state index in [4.69, 9.17) is 0 Å². The first-order valence-corrected chi connectivity index (χ1v) is 8.63. The van der Waals surface area contributed by atoms with Crippen molar-refractivity contribution in [3.05, 3.63) is 0 Å². The van der Waals surface area contributed by atoms with Gasteiger partial charge in [-0.2, -0.15) is 0 Å². The highest BCUT2D eigenvalue weighted by Crippen LogP contribution is 2.28. The van der Waals surface area contributed by atoms with Crippen molar-refractivity contribution < 1.29 is 0 Å². The highest BCUT2D eigenvalue weighted by Gasteiger charge is 2.26. The zero-order valence-corrected chi connectivity index (χ0v) is 14.5. The molecule has 0 heterocycles. The molecular weight excluding hydrogens is 246 g/mol. The van der Waals surface area contributed by atoms with Crippen LogP contribution in [0.15, 0.2) is 0 Å². The van der Waals surface area contributed by atoms with Gasteiger partial charge >= 0.3 is 0 Å². The quantitative estimate of drug-likeness (QED) is 0.665. The summed E-state index contributed by atoms with van der Waals surface area (Å²) < 4.78 is 0. The summed E-state index contributed by atoms with van der Waals surface area (Å²) in [6, 6.07) is 0.787. The number of likely N-dealkylation sites (N-methyl/N-ethyl adjacent to an activating group) is 1. The van der Waals surface area contributed by atoms with Crippen LogP contribution < -0.4 is 5.32 Å². The maximum Gasteiger partial charge on any atom is 0.0109 e. The molecule has 120 valence electrons. The Morgan fingerprint density at radius 2 is 1.85 bits per heavy atom. The molecule has 0 aromatic rings. The first-order chi connectivity index (χ1) is 9.52. The lowest BCUT2D eigenvalue weighted by Crippen LogP contribution is -2.38. The summed E-state index contributed by atoms with van der Waals surface area (Å²) in [5, 5.41) is 3.68. The van der Waals surface area contributed by atoms with Crippen LogP contribution in [-0.4, -0.2) is 62.7 Å². The van der Waals surface area contributed by atoms with Crippen LogP contribution in [0, 0.1) is 11.8 Å². The van der Waals surface area contributed by atoms with Crippen molar-refractivity contribution in [1.82, 2.24) is 15.1 Å². The molecule has 1 aliphatic carbocycles. The Labute approximate surface area is 127 Å². The van der Waals surface area contributed by atoms with Gasteiger partial charge in [-0.25, -0.2) is 0 Å². The van der Waals surface area contributed by atoms with Gasteiger partial charge in [-0.05, 0) is 58.3 Å². The molecule has 0 saturated heterocycles. The first kappa shape index (κ1) is 17.9. The standard InChI is InChI=1S/C17H37N3/c1-6-18-17-9-7-8-16(17)10-11-20(14-15(2)3)13-12-19(4)5/h15-18H,6-14H2,1-5H3. The average Bonchev–Trinajstić information content (AvgIpc) is 2.80. The molecular formula is C17H37N3. The summed E-state index contributed by atoms with van der Waals surface area (Å²) in [6.07, 6.45) is 5.61. The maximum absolute atomic E-state index is 3.68. The van der Waals surface area contributed by atoms with Crippen LogP contribution >= 0.6 is 0 Å². The van der Waals surface area contributed by atoms with Crippen molar-refractivity contribution >= 4 is 0 Å². The van der Waals surface area contributed by atoms with Gasteiger partial charge in [0.05, 0.1) is 0 Å². The number of nitrogens with zero attached hydrogens (tertiary/aromatic N) is 2. The minimum atomic E-state index is 0.769. The van der Waals surface area contributed by atoms with Crippen LogP contribution in [0.1, 0.15) is 46.5 Å².